The Kier molecular flexibility index (Phi) is 5.59. The highest BCUT2D eigenvalue weighted by atomic mass is 16.5. The van der Waals surface area contributed by atoms with E-state index < -0.39 is 5.54 Å². The van der Waals surface area contributed by atoms with Gasteiger partial charge in [-0.3, -0.25) is 5.32 Å². The van der Waals surface area contributed by atoms with Gasteiger partial charge in [0.1, 0.15) is 17.9 Å². The largest absolute Gasteiger partial charge is 0.491 e. The Balaban J connectivity index is 2.63. The first-order valence-electron chi connectivity index (χ1n) is 7.20. The van der Waals surface area contributed by atoms with Crippen LogP contribution in [0.25, 0.3) is 0 Å². The second-order valence-electron chi connectivity index (χ2n) is 6.43. The van der Waals surface area contributed by atoms with Gasteiger partial charge >= 0.3 is 0 Å². The van der Waals surface area contributed by atoms with Crippen molar-refractivity contribution in [2.75, 3.05) is 13.2 Å². The van der Waals surface area contributed by atoms with E-state index in [4.69, 9.17) is 4.74 Å². The molecule has 0 aliphatic heterocycles. The molecule has 110 valence electrons. The number of nitriles is 1. The maximum absolute atomic E-state index is 9.25. The Morgan fingerprint density at radius 1 is 1.15 bits per heavy atom. The molecule has 0 aliphatic carbocycles. The van der Waals surface area contributed by atoms with Crippen molar-refractivity contribution in [2.45, 2.75) is 52.0 Å². The van der Waals surface area contributed by atoms with Gasteiger partial charge < -0.3 is 4.74 Å². The summed E-state index contributed by atoms with van der Waals surface area (Å²) in [5.74, 6) is 0.803. The first-order chi connectivity index (χ1) is 9.30. The van der Waals surface area contributed by atoms with Crippen LogP contribution in [0, 0.1) is 11.3 Å². The number of nitrogens with zero attached hydrogens (tertiary/aromatic N) is 1. The number of ether oxygens (including phenoxy) is 1. The summed E-state index contributed by atoms with van der Waals surface area (Å²) in [6, 6.07) is 10.4. The van der Waals surface area contributed by atoms with Crippen LogP contribution in [0.3, 0.4) is 0 Å². The van der Waals surface area contributed by atoms with Crippen molar-refractivity contribution >= 4 is 0 Å². The molecule has 1 unspecified atom stereocenters. The minimum absolute atomic E-state index is 0.141. The van der Waals surface area contributed by atoms with Crippen LogP contribution in [0.5, 0.6) is 5.75 Å². The first-order valence-corrected chi connectivity index (χ1v) is 7.20. The molecular weight excluding hydrogens is 248 g/mol. The summed E-state index contributed by atoms with van der Waals surface area (Å²) < 4.78 is 5.74. The lowest BCUT2D eigenvalue weighted by Gasteiger charge is -2.24. The van der Waals surface area contributed by atoms with Crippen LogP contribution in [0.15, 0.2) is 24.3 Å². The third-order valence-electron chi connectivity index (χ3n) is 3.26. The third kappa shape index (κ3) is 4.86. The molecule has 0 spiro atoms. The van der Waals surface area contributed by atoms with Crippen LogP contribution in [-0.4, -0.2) is 18.7 Å². The third-order valence-corrected chi connectivity index (χ3v) is 3.26. The van der Waals surface area contributed by atoms with Gasteiger partial charge in [-0.2, -0.15) is 5.26 Å². The number of nitrogens with one attached hydrogen (secondary N) is 1. The Hall–Kier alpha value is -1.53. The van der Waals surface area contributed by atoms with Gasteiger partial charge in [0.15, 0.2) is 0 Å². The molecule has 1 aromatic rings. The quantitative estimate of drug-likeness (QED) is 0.861. The first kappa shape index (κ1) is 16.5. The summed E-state index contributed by atoms with van der Waals surface area (Å²) in [6.45, 7) is 11.7. The van der Waals surface area contributed by atoms with Crippen molar-refractivity contribution in [3.63, 3.8) is 0 Å². The second kappa shape index (κ2) is 6.76. The molecule has 20 heavy (non-hydrogen) atoms. The lowest BCUT2D eigenvalue weighted by Crippen LogP contribution is -2.46. The maximum Gasteiger partial charge on any atom is 0.138 e. The van der Waals surface area contributed by atoms with Crippen LogP contribution in [0.4, 0.5) is 0 Å². The van der Waals surface area contributed by atoms with Crippen LogP contribution in [0.1, 0.15) is 46.6 Å². The molecule has 1 N–H and O–H groups in total. The van der Waals surface area contributed by atoms with Gasteiger partial charge in [-0.05, 0) is 43.0 Å². The fourth-order valence-corrected chi connectivity index (χ4v) is 1.80. The molecular formula is C17H26N2O. The standard InChI is InChI=1S/C17H26N2O/c1-6-11-19-17(5,12-18)13-20-15-9-7-14(8-10-15)16(2,3)4/h7-10,19H,6,11,13H2,1-5H3. The lowest BCUT2D eigenvalue weighted by molar-refractivity contribution is 0.234. The topological polar surface area (TPSA) is 45.0 Å². The minimum atomic E-state index is -0.640. The predicted octanol–water partition coefficient (Wildman–Crippen LogP) is 3.64. The highest BCUT2D eigenvalue weighted by molar-refractivity contribution is 5.31. The van der Waals surface area contributed by atoms with E-state index in [2.05, 4.69) is 51.2 Å². The molecule has 1 aromatic carbocycles. The van der Waals surface area contributed by atoms with E-state index in [-0.39, 0.29) is 5.41 Å². The van der Waals surface area contributed by atoms with Gasteiger partial charge in [-0.25, -0.2) is 0 Å². The van der Waals surface area contributed by atoms with Crippen LogP contribution < -0.4 is 10.1 Å². The highest BCUT2D eigenvalue weighted by Gasteiger charge is 2.23. The van der Waals surface area contributed by atoms with Gasteiger partial charge in [0, 0.05) is 0 Å². The van der Waals surface area contributed by atoms with Crippen molar-refractivity contribution in [2.24, 2.45) is 0 Å². The van der Waals surface area contributed by atoms with Crippen molar-refractivity contribution in [1.29, 1.82) is 5.26 Å². The monoisotopic (exact) mass is 274 g/mol. The molecule has 0 saturated heterocycles. The zero-order chi connectivity index (χ0) is 15.2. The Morgan fingerprint density at radius 2 is 1.75 bits per heavy atom. The van der Waals surface area contributed by atoms with E-state index >= 15 is 0 Å². The van der Waals surface area contributed by atoms with Crippen LogP contribution in [-0.2, 0) is 5.41 Å². The number of hydrogen-bond acceptors (Lipinski definition) is 3. The Bertz CT molecular complexity index is 453. The average Bonchev–Trinajstić information content (AvgIpc) is 2.42. The van der Waals surface area contributed by atoms with E-state index in [1.807, 2.05) is 19.1 Å². The average molecular weight is 274 g/mol. The van der Waals surface area contributed by atoms with Gasteiger partial charge in [0.2, 0.25) is 0 Å². The molecule has 0 amide bonds. The minimum Gasteiger partial charge on any atom is -0.491 e. The number of benzene rings is 1. The van der Waals surface area contributed by atoms with Crippen molar-refractivity contribution < 1.29 is 4.74 Å². The summed E-state index contributed by atoms with van der Waals surface area (Å²) >= 11 is 0. The van der Waals surface area contributed by atoms with E-state index in [1.165, 1.54) is 5.56 Å². The summed E-state index contributed by atoms with van der Waals surface area (Å²) in [6.07, 6.45) is 0.998. The van der Waals surface area contributed by atoms with Gasteiger partial charge in [-0.1, -0.05) is 39.8 Å². The molecule has 1 atom stereocenters. The fourth-order valence-electron chi connectivity index (χ4n) is 1.80. The second-order valence-corrected chi connectivity index (χ2v) is 6.43. The highest BCUT2D eigenvalue weighted by Crippen LogP contribution is 2.24. The van der Waals surface area contributed by atoms with E-state index in [0.29, 0.717) is 6.61 Å². The number of hydrogen-bond donors (Lipinski definition) is 1. The fraction of sp³-hybridized carbons (Fsp3) is 0.588. The summed E-state index contributed by atoms with van der Waals surface area (Å²) in [7, 11) is 0. The Labute approximate surface area is 123 Å². The van der Waals surface area contributed by atoms with E-state index in [9.17, 15) is 5.26 Å². The molecule has 0 fully saturated rings. The normalized spacial score (nSPS) is 14.4. The summed E-state index contributed by atoms with van der Waals surface area (Å²) in [5, 5.41) is 12.5. The van der Waals surface area contributed by atoms with Crippen LogP contribution in [0.2, 0.25) is 0 Å². The zero-order valence-corrected chi connectivity index (χ0v) is 13.3. The van der Waals surface area contributed by atoms with Crippen LogP contribution >= 0.6 is 0 Å². The Morgan fingerprint density at radius 3 is 2.20 bits per heavy atom. The molecule has 0 aromatic heterocycles. The zero-order valence-electron chi connectivity index (χ0n) is 13.3. The lowest BCUT2D eigenvalue weighted by atomic mass is 9.87. The molecule has 0 saturated carbocycles. The molecule has 0 radical (unpaired) electrons. The predicted molar refractivity (Wildman–Crippen MR) is 82.9 cm³/mol. The van der Waals surface area contributed by atoms with Gasteiger partial charge in [-0.15, -0.1) is 0 Å². The molecule has 0 bridgehead atoms. The molecule has 0 heterocycles. The summed E-state index contributed by atoms with van der Waals surface area (Å²) in [5.41, 5.74) is 0.776. The van der Waals surface area contributed by atoms with Crippen molar-refractivity contribution in [3.8, 4) is 11.8 Å². The van der Waals surface area contributed by atoms with E-state index in [0.717, 1.165) is 18.7 Å². The molecule has 0 aliphatic rings. The molecule has 3 nitrogen and oxygen atoms in total. The van der Waals surface area contributed by atoms with Crippen molar-refractivity contribution in [1.82, 2.24) is 5.32 Å². The molecule has 1 rings (SSSR count). The number of rotatable bonds is 6. The SMILES string of the molecule is CCCNC(C)(C#N)COc1ccc(C(C)(C)C)cc1. The molecule has 3 heteroatoms. The van der Waals surface area contributed by atoms with Crippen molar-refractivity contribution in [3.05, 3.63) is 29.8 Å². The summed E-state index contributed by atoms with van der Waals surface area (Å²) in [4.78, 5) is 0. The van der Waals surface area contributed by atoms with Gasteiger partial charge in [0.25, 0.3) is 0 Å². The van der Waals surface area contributed by atoms with E-state index in [1.54, 1.807) is 0 Å². The van der Waals surface area contributed by atoms with Gasteiger partial charge in [0.05, 0.1) is 6.07 Å². The smallest absolute Gasteiger partial charge is 0.138 e. The maximum atomic E-state index is 9.25.